The summed E-state index contributed by atoms with van der Waals surface area (Å²) in [6, 6.07) is 8.88. The molecule has 0 bridgehead atoms. The van der Waals surface area contributed by atoms with Crippen LogP contribution in [0.3, 0.4) is 0 Å². The third kappa shape index (κ3) is 3.20. The minimum absolute atomic E-state index is 0.168. The summed E-state index contributed by atoms with van der Waals surface area (Å²) in [5.74, 6) is -2.13. The first-order valence-electron chi connectivity index (χ1n) is 7.80. The van der Waals surface area contributed by atoms with Gasteiger partial charge in [0.05, 0.1) is 7.11 Å². The average molecular weight is 317 g/mol. The maximum atomic E-state index is 13.2. The van der Waals surface area contributed by atoms with Gasteiger partial charge in [0.15, 0.2) is 5.78 Å². The molecule has 0 aromatic heterocycles. The number of carbonyl (C=O) groups is 3. The van der Waals surface area contributed by atoms with Crippen LogP contribution in [0.4, 0.5) is 0 Å². The van der Waals surface area contributed by atoms with Crippen LogP contribution in [-0.2, 0) is 24.5 Å². The van der Waals surface area contributed by atoms with E-state index in [1.807, 2.05) is 25.1 Å². The number of ketones is 2. The van der Waals surface area contributed by atoms with Gasteiger partial charge in [-0.05, 0) is 32.5 Å². The van der Waals surface area contributed by atoms with Gasteiger partial charge in [0.2, 0.25) is 0 Å². The maximum Gasteiger partial charge on any atom is 0.375 e. The lowest BCUT2D eigenvalue weighted by molar-refractivity contribution is -0.158. The van der Waals surface area contributed by atoms with Crippen molar-refractivity contribution < 1.29 is 19.1 Å². The van der Waals surface area contributed by atoms with Gasteiger partial charge in [0.25, 0.3) is 5.78 Å². The topological polar surface area (TPSA) is 63.7 Å². The molecule has 0 saturated heterocycles. The Morgan fingerprint density at radius 2 is 1.91 bits per heavy atom. The number of hydrogen-bond acceptors (Lipinski definition) is 5. The van der Waals surface area contributed by atoms with Crippen LogP contribution in [0.5, 0.6) is 0 Å². The molecule has 23 heavy (non-hydrogen) atoms. The van der Waals surface area contributed by atoms with Crippen molar-refractivity contribution in [2.75, 3.05) is 27.7 Å². The van der Waals surface area contributed by atoms with Crippen molar-refractivity contribution in [2.45, 2.75) is 24.7 Å². The number of nitrogens with zero attached hydrogens (tertiary/aromatic N) is 1. The van der Waals surface area contributed by atoms with Crippen LogP contribution in [0.1, 0.15) is 24.8 Å². The molecule has 2 unspecified atom stereocenters. The Balaban J connectivity index is 2.51. The second-order valence-corrected chi connectivity index (χ2v) is 6.31. The van der Waals surface area contributed by atoms with Crippen LogP contribution in [0.25, 0.3) is 0 Å². The maximum absolute atomic E-state index is 13.2. The zero-order valence-corrected chi connectivity index (χ0v) is 13.9. The molecular formula is C18H23NO4. The van der Waals surface area contributed by atoms with E-state index in [2.05, 4.69) is 4.74 Å². The highest BCUT2D eigenvalue weighted by molar-refractivity contribution is 6.42. The average Bonchev–Trinajstić information content (AvgIpc) is 2.56. The Morgan fingerprint density at radius 1 is 1.26 bits per heavy atom. The van der Waals surface area contributed by atoms with Gasteiger partial charge in [-0.3, -0.25) is 9.59 Å². The van der Waals surface area contributed by atoms with Crippen molar-refractivity contribution in [1.82, 2.24) is 4.90 Å². The van der Waals surface area contributed by atoms with E-state index in [4.69, 9.17) is 0 Å². The largest absolute Gasteiger partial charge is 0.463 e. The molecule has 1 aliphatic carbocycles. The molecule has 1 aromatic carbocycles. The first-order valence-corrected chi connectivity index (χ1v) is 7.80. The highest BCUT2D eigenvalue weighted by Gasteiger charge is 2.54. The van der Waals surface area contributed by atoms with Crippen molar-refractivity contribution in [1.29, 1.82) is 0 Å². The van der Waals surface area contributed by atoms with Crippen molar-refractivity contribution in [3.8, 4) is 0 Å². The van der Waals surface area contributed by atoms with Gasteiger partial charge >= 0.3 is 5.97 Å². The second kappa shape index (κ2) is 7.04. The van der Waals surface area contributed by atoms with Crippen molar-refractivity contribution in [3.63, 3.8) is 0 Å². The van der Waals surface area contributed by atoms with E-state index in [9.17, 15) is 14.4 Å². The SMILES string of the molecule is COC(=O)C(=O)C1(c2ccccc2)CCCC(CN(C)C)C1=O. The monoisotopic (exact) mass is 317 g/mol. The standard InChI is InChI=1S/C18H23NO4/c1-19(2)12-13-8-7-11-18(15(13)20,16(21)17(22)23-3)14-9-5-4-6-10-14/h4-6,9-10,13H,7-8,11-12H2,1-3H3. The van der Waals surface area contributed by atoms with E-state index in [0.29, 0.717) is 18.5 Å². The van der Waals surface area contributed by atoms with Gasteiger partial charge in [-0.25, -0.2) is 4.79 Å². The number of Topliss-reactive ketones (excluding diaryl/α,β-unsaturated/α-hetero) is 2. The molecule has 0 radical (unpaired) electrons. The van der Waals surface area contributed by atoms with E-state index < -0.39 is 17.2 Å². The van der Waals surface area contributed by atoms with E-state index in [1.165, 1.54) is 7.11 Å². The quantitative estimate of drug-likeness (QED) is 0.469. The predicted molar refractivity (Wildman–Crippen MR) is 86.0 cm³/mol. The second-order valence-electron chi connectivity index (χ2n) is 6.31. The lowest BCUT2D eigenvalue weighted by Crippen LogP contribution is -2.53. The van der Waals surface area contributed by atoms with Gasteiger partial charge in [0, 0.05) is 12.5 Å². The molecule has 5 nitrogen and oxygen atoms in total. The van der Waals surface area contributed by atoms with Gasteiger partial charge < -0.3 is 9.64 Å². The number of rotatable bonds is 5. The molecule has 0 N–H and O–H groups in total. The Morgan fingerprint density at radius 3 is 2.48 bits per heavy atom. The van der Waals surface area contributed by atoms with Crippen molar-refractivity contribution >= 4 is 17.5 Å². The fraction of sp³-hybridized carbons (Fsp3) is 0.500. The molecule has 2 atom stereocenters. The molecule has 1 aromatic rings. The summed E-state index contributed by atoms with van der Waals surface area (Å²) in [6.07, 6.45) is 1.82. The first-order chi connectivity index (χ1) is 10.9. The molecule has 5 heteroatoms. The van der Waals surface area contributed by atoms with Crippen molar-refractivity contribution in [2.24, 2.45) is 5.92 Å². The number of carbonyl (C=O) groups excluding carboxylic acids is 3. The molecule has 0 spiro atoms. The zero-order valence-electron chi connectivity index (χ0n) is 13.9. The van der Waals surface area contributed by atoms with Gasteiger partial charge in [-0.15, -0.1) is 0 Å². The normalized spacial score (nSPS) is 24.5. The minimum Gasteiger partial charge on any atom is -0.463 e. The molecule has 1 fully saturated rings. The molecule has 1 aliphatic rings. The smallest absolute Gasteiger partial charge is 0.375 e. The lowest BCUT2D eigenvalue weighted by Gasteiger charge is -2.38. The number of benzene rings is 1. The molecule has 0 heterocycles. The fourth-order valence-corrected chi connectivity index (χ4v) is 3.46. The van der Waals surface area contributed by atoms with E-state index >= 15 is 0 Å². The predicted octanol–water partition coefficient (Wildman–Crippen LogP) is 1.60. The van der Waals surface area contributed by atoms with Crippen LogP contribution < -0.4 is 0 Å². The molecule has 124 valence electrons. The van der Waals surface area contributed by atoms with Crippen LogP contribution in [0.2, 0.25) is 0 Å². The Labute approximate surface area is 136 Å². The third-order valence-corrected chi connectivity index (χ3v) is 4.51. The highest BCUT2D eigenvalue weighted by atomic mass is 16.5. The summed E-state index contributed by atoms with van der Waals surface area (Å²) in [7, 11) is 4.96. The number of esters is 1. The summed E-state index contributed by atoms with van der Waals surface area (Å²) in [5, 5.41) is 0. The lowest BCUT2D eigenvalue weighted by atomic mass is 9.62. The number of methoxy groups -OCH3 is 1. The zero-order chi connectivity index (χ0) is 17.0. The third-order valence-electron chi connectivity index (χ3n) is 4.51. The molecule has 2 rings (SSSR count). The van der Waals surface area contributed by atoms with Crippen LogP contribution in [-0.4, -0.2) is 50.2 Å². The summed E-state index contributed by atoms with van der Waals surface area (Å²) in [6.45, 7) is 0.571. The summed E-state index contributed by atoms with van der Waals surface area (Å²) >= 11 is 0. The molecule has 0 amide bonds. The Kier molecular flexibility index (Phi) is 5.31. The van der Waals surface area contributed by atoms with Crippen LogP contribution in [0, 0.1) is 5.92 Å². The number of hydrogen-bond donors (Lipinski definition) is 0. The summed E-state index contributed by atoms with van der Waals surface area (Å²) < 4.78 is 4.63. The van der Waals surface area contributed by atoms with Crippen LogP contribution in [0.15, 0.2) is 30.3 Å². The Bertz CT molecular complexity index is 596. The number of ether oxygens (including phenoxy) is 1. The van der Waals surface area contributed by atoms with Gasteiger partial charge in [0.1, 0.15) is 5.41 Å². The van der Waals surface area contributed by atoms with E-state index in [-0.39, 0.29) is 11.7 Å². The highest BCUT2D eigenvalue weighted by Crippen LogP contribution is 2.40. The minimum atomic E-state index is -1.41. The summed E-state index contributed by atoms with van der Waals surface area (Å²) in [4.78, 5) is 39.8. The molecule has 1 saturated carbocycles. The van der Waals surface area contributed by atoms with Crippen molar-refractivity contribution in [3.05, 3.63) is 35.9 Å². The Hall–Kier alpha value is -2.01. The van der Waals surface area contributed by atoms with Gasteiger partial charge in [-0.1, -0.05) is 36.8 Å². The summed E-state index contributed by atoms with van der Waals surface area (Å²) in [5.41, 5.74) is -0.823. The fourth-order valence-electron chi connectivity index (χ4n) is 3.46. The van der Waals surface area contributed by atoms with Crippen LogP contribution >= 0.6 is 0 Å². The van der Waals surface area contributed by atoms with Gasteiger partial charge in [-0.2, -0.15) is 0 Å². The van der Waals surface area contributed by atoms with E-state index in [0.717, 1.165) is 12.8 Å². The molecule has 0 aliphatic heterocycles. The molecular weight excluding hydrogens is 294 g/mol. The van der Waals surface area contributed by atoms with E-state index in [1.54, 1.807) is 24.3 Å². The first kappa shape index (κ1) is 17.3.